The summed E-state index contributed by atoms with van der Waals surface area (Å²) >= 11 is 3.30. The van der Waals surface area contributed by atoms with Crippen LogP contribution in [0.5, 0.6) is 0 Å². The monoisotopic (exact) mass is 564 g/mol. The van der Waals surface area contributed by atoms with E-state index in [0.29, 0.717) is 21.3 Å². The highest BCUT2D eigenvalue weighted by molar-refractivity contribution is 9.10. The molecule has 3 rings (SSSR count). The van der Waals surface area contributed by atoms with Crippen molar-refractivity contribution in [1.82, 2.24) is 8.87 Å². The van der Waals surface area contributed by atoms with E-state index in [9.17, 15) is 22.4 Å². The summed E-state index contributed by atoms with van der Waals surface area (Å²) in [7, 11) is -1.23. The molecule has 0 amide bonds. The van der Waals surface area contributed by atoms with Gasteiger partial charge in [0.05, 0.1) is 18.0 Å². The number of esters is 1. The number of carbonyl (C=O) groups is 2. The number of sulfonamides is 1. The summed E-state index contributed by atoms with van der Waals surface area (Å²) in [4.78, 5) is 26.0. The van der Waals surface area contributed by atoms with Crippen LogP contribution in [0.3, 0.4) is 0 Å². The molecule has 0 saturated heterocycles. The fourth-order valence-corrected chi connectivity index (χ4v) is 5.85. The second-order valence-corrected chi connectivity index (χ2v) is 11.0. The first-order chi connectivity index (χ1) is 16.4. The molecule has 0 fully saturated rings. The lowest BCUT2D eigenvalue weighted by Crippen LogP contribution is -2.43. The van der Waals surface area contributed by atoms with Gasteiger partial charge in [0.2, 0.25) is 10.0 Å². The maximum atomic E-state index is 13.7. The molecule has 7 nitrogen and oxygen atoms in total. The number of Topliss-reactive ketones (excluding diaryl/α,β-unsaturated/α-hetero) is 1. The number of benzene rings is 2. The van der Waals surface area contributed by atoms with E-state index in [-0.39, 0.29) is 22.7 Å². The number of carbonyl (C=O) groups excluding carboxylic acids is 2. The van der Waals surface area contributed by atoms with E-state index in [4.69, 9.17) is 4.74 Å². The molecule has 1 aromatic heterocycles. The van der Waals surface area contributed by atoms with Crippen LogP contribution >= 0.6 is 15.9 Å². The van der Waals surface area contributed by atoms with Crippen LogP contribution in [0.25, 0.3) is 0 Å². The Balaban J connectivity index is 2.11. The van der Waals surface area contributed by atoms with Crippen molar-refractivity contribution in [3.63, 3.8) is 0 Å². The zero-order valence-corrected chi connectivity index (χ0v) is 22.4. The fourth-order valence-electron chi connectivity index (χ4n) is 4.01. The molecule has 3 aromatic rings. The van der Waals surface area contributed by atoms with Crippen LogP contribution in [0.1, 0.15) is 44.6 Å². The number of methoxy groups -OCH3 is 1. The molecule has 0 aliphatic carbocycles. The predicted molar refractivity (Wildman–Crippen MR) is 133 cm³/mol. The minimum Gasteiger partial charge on any atom is -0.464 e. The molecule has 1 unspecified atom stereocenters. The molecule has 0 aliphatic heterocycles. The van der Waals surface area contributed by atoms with Crippen molar-refractivity contribution in [2.45, 2.75) is 38.3 Å². The van der Waals surface area contributed by atoms with Crippen LogP contribution in [-0.2, 0) is 28.4 Å². The van der Waals surface area contributed by atoms with E-state index < -0.39 is 33.6 Å². The summed E-state index contributed by atoms with van der Waals surface area (Å²) in [5, 5.41) is 0. The Bertz CT molecular complexity index is 1370. The van der Waals surface area contributed by atoms with Gasteiger partial charge in [0.25, 0.3) is 0 Å². The quantitative estimate of drug-likeness (QED) is 0.290. The molecule has 186 valence electrons. The highest BCUT2D eigenvalue weighted by Crippen LogP contribution is 2.28. The number of hydrogen-bond acceptors (Lipinski definition) is 5. The van der Waals surface area contributed by atoms with Crippen molar-refractivity contribution in [2.24, 2.45) is 7.05 Å². The number of ketones is 1. The van der Waals surface area contributed by atoms with E-state index >= 15 is 0 Å². The topological polar surface area (TPSA) is 85.7 Å². The Morgan fingerprint density at radius 1 is 1.09 bits per heavy atom. The zero-order valence-electron chi connectivity index (χ0n) is 20.0. The van der Waals surface area contributed by atoms with Crippen LogP contribution in [0.4, 0.5) is 4.39 Å². The first-order valence-corrected chi connectivity index (χ1v) is 12.9. The molecule has 1 atom stereocenters. The molecule has 0 N–H and O–H groups in total. The van der Waals surface area contributed by atoms with Gasteiger partial charge in [0.15, 0.2) is 5.78 Å². The molecule has 10 heteroatoms. The molecule has 2 aromatic carbocycles. The average Bonchev–Trinajstić information content (AvgIpc) is 3.05. The Kier molecular flexibility index (Phi) is 7.98. The van der Waals surface area contributed by atoms with Gasteiger partial charge in [0.1, 0.15) is 11.5 Å². The van der Waals surface area contributed by atoms with E-state index in [1.54, 1.807) is 37.6 Å². The molecular weight excluding hydrogens is 539 g/mol. The zero-order chi connectivity index (χ0) is 26.1. The second kappa shape index (κ2) is 10.4. The number of nitrogens with zero attached hydrogens (tertiary/aromatic N) is 2. The third kappa shape index (κ3) is 5.24. The Morgan fingerprint density at radius 3 is 2.20 bits per heavy atom. The summed E-state index contributed by atoms with van der Waals surface area (Å²) in [5.74, 6) is -1.51. The molecular formula is C25H26BrFN2O5S. The van der Waals surface area contributed by atoms with Crippen molar-refractivity contribution in [1.29, 1.82) is 0 Å². The van der Waals surface area contributed by atoms with E-state index in [0.717, 1.165) is 4.31 Å². The second-order valence-electron chi connectivity index (χ2n) is 8.16. The Hall–Kier alpha value is -2.82. The average molecular weight is 565 g/mol. The lowest BCUT2D eigenvalue weighted by Gasteiger charge is -2.28. The van der Waals surface area contributed by atoms with E-state index in [1.165, 1.54) is 50.4 Å². The first kappa shape index (κ1) is 26.8. The van der Waals surface area contributed by atoms with Gasteiger partial charge in [0, 0.05) is 29.3 Å². The standard InChI is InChI=1S/C25H26BrFN2O5S/c1-15-22(16(2)28(4)23(15)25(31)34-5)24(30)17(3)29(14-18-6-10-20(27)11-7-18)35(32,33)21-12-8-19(26)9-13-21/h6-13,17H,14H2,1-5H3. The maximum Gasteiger partial charge on any atom is 0.354 e. The number of ether oxygens (including phenoxy) is 1. The predicted octanol–water partition coefficient (Wildman–Crippen LogP) is 4.79. The summed E-state index contributed by atoms with van der Waals surface area (Å²) in [6.45, 7) is 4.67. The van der Waals surface area contributed by atoms with Crippen molar-refractivity contribution >= 4 is 37.7 Å². The number of rotatable bonds is 8. The number of aromatic nitrogens is 1. The maximum absolute atomic E-state index is 13.7. The summed E-state index contributed by atoms with van der Waals surface area (Å²) < 4.78 is 49.1. The van der Waals surface area contributed by atoms with Gasteiger partial charge in [-0.1, -0.05) is 28.1 Å². The minimum absolute atomic E-state index is 0.0132. The molecule has 0 saturated carbocycles. The fraction of sp³-hybridized carbons (Fsp3) is 0.280. The van der Waals surface area contributed by atoms with Gasteiger partial charge in [-0.05, 0) is 68.3 Å². The van der Waals surface area contributed by atoms with Gasteiger partial charge in [-0.3, -0.25) is 4.79 Å². The van der Waals surface area contributed by atoms with Crippen LogP contribution in [0.15, 0.2) is 57.9 Å². The van der Waals surface area contributed by atoms with Crippen LogP contribution in [-0.4, -0.2) is 42.2 Å². The normalized spacial score (nSPS) is 12.6. The van der Waals surface area contributed by atoms with Crippen LogP contribution in [0.2, 0.25) is 0 Å². The summed E-state index contributed by atoms with van der Waals surface area (Å²) in [6, 6.07) is 10.4. The van der Waals surface area contributed by atoms with Gasteiger partial charge in [-0.2, -0.15) is 4.31 Å². The molecule has 0 radical (unpaired) electrons. The van der Waals surface area contributed by atoms with Gasteiger partial charge in [-0.25, -0.2) is 17.6 Å². The smallest absolute Gasteiger partial charge is 0.354 e. The number of hydrogen-bond donors (Lipinski definition) is 0. The molecule has 1 heterocycles. The van der Waals surface area contributed by atoms with E-state index in [2.05, 4.69) is 15.9 Å². The lowest BCUT2D eigenvalue weighted by molar-refractivity contribution is 0.0588. The van der Waals surface area contributed by atoms with Crippen molar-refractivity contribution in [3.05, 3.63) is 86.9 Å². The van der Waals surface area contributed by atoms with Crippen molar-refractivity contribution in [2.75, 3.05) is 7.11 Å². The van der Waals surface area contributed by atoms with Gasteiger partial charge in [-0.15, -0.1) is 0 Å². The molecule has 0 spiro atoms. The lowest BCUT2D eigenvalue weighted by atomic mass is 10.0. The Labute approximate surface area is 212 Å². The number of halogens is 2. The molecule has 0 bridgehead atoms. The summed E-state index contributed by atoms with van der Waals surface area (Å²) in [5.41, 5.74) is 1.93. The third-order valence-electron chi connectivity index (χ3n) is 6.04. The van der Waals surface area contributed by atoms with Gasteiger partial charge < -0.3 is 9.30 Å². The molecule has 35 heavy (non-hydrogen) atoms. The van der Waals surface area contributed by atoms with Crippen LogP contribution < -0.4 is 0 Å². The van der Waals surface area contributed by atoms with Gasteiger partial charge >= 0.3 is 5.97 Å². The minimum atomic E-state index is -4.13. The third-order valence-corrected chi connectivity index (χ3v) is 8.50. The van der Waals surface area contributed by atoms with Crippen LogP contribution in [0, 0.1) is 19.7 Å². The Morgan fingerprint density at radius 2 is 1.66 bits per heavy atom. The summed E-state index contributed by atoms with van der Waals surface area (Å²) in [6.07, 6.45) is 0. The first-order valence-electron chi connectivity index (χ1n) is 10.7. The molecule has 0 aliphatic rings. The SMILES string of the molecule is COC(=O)c1c(C)c(C(=O)C(C)N(Cc2ccc(F)cc2)S(=O)(=O)c2ccc(Br)cc2)c(C)n1C. The highest BCUT2D eigenvalue weighted by atomic mass is 79.9. The largest absolute Gasteiger partial charge is 0.464 e. The van der Waals surface area contributed by atoms with E-state index in [1.807, 2.05) is 0 Å². The highest BCUT2D eigenvalue weighted by Gasteiger charge is 2.36. The van der Waals surface area contributed by atoms with Crippen molar-refractivity contribution < 1.29 is 27.1 Å². The van der Waals surface area contributed by atoms with Crippen molar-refractivity contribution in [3.8, 4) is 0 Å².